The molecule has 0 saturated heterocycles. The Morgan fingerprint density at radius 2 is 1.92 bits per heavy atom. The molecule has 6 nitrogen and oxygen atoms in total. The molecule has 0 bridgehead atoms. The van der Waals surface area contributed by atoms with E-state index in [9.17, 15) is 4.79 Å². The van der Waals surface area contributed by atoms with Crippen molar-refractivity contribution in [2.24, 2.45) is 12.1 Å². The Balaban J connectivity index is 1.71. The fourth-order valence-corrected chi connectivity index (χ4v) is 3.63. The number of para-hydroxylation sites is 1. The fourth-order valence-electron chi connectivity index (χ4n) is 3.41. The third-order valence-electron chi connectivity index (χ3n) is 4.84. The minimum absolute atomic E-state index is 0.0527. The van der Waals surface area contributed by atoms with Gasteiger partial charge >= 0.3 is 0 Å². The average Bonchev–Trinajstić information content (AvgIpc) is 2.86. The molecule has 26 heavy (non-hydrogen) atoms. The second kappa shape index (κ2) is 8.31. The summed E-state index contributed by atoms with van der Waals surface area (Å²) in [4.78, 5) is 12.6. The largest absolute Gasteiger partial charge is 0.359 e. The number of rotatable bonds is 4. The van der Waals surface area contributed by atoms with E-state index in [1.165, 1.54) is 19.3 Å². The molecule has 2 aromatic rings. The molecular weight excluding hydrogens is 346 g/mol. The Morgan fingerprint density at radius 3 is 2.62 bits per heavy atom. The molecule has 0 spiro atoms. The Labute approximate surface area is 158 Å². The van der Waals surface area contributed by atoms with Crippen LogP contribution in [-0.4, -0.2) is 26.7 Å². The number of nitrogens with one attached hydrogen (secondary N) is 2. The highest BCUT2D eigenvalue weighted by atomic mass is 32.1. The van der Waals surface area contributed by atoms with Crippen molar-refractivity contribution >= 4 is 23.5 Å². The van der Waals surface area contributed by atoms with E-state index in [4.69, 9.17) is 12.2 Å². The quantitative estimate of drug-likeness (QED) is 0.493. The van der Waals surface area contributed by atoms with E-state index in [0.717, 1.165) is 24.2 Å². The van der Waals surface area contributed by atoms with Gasteiger partial charge in [0.2, 0.25) is 0 Å². The van der Waals surface area contributed by atoms with Gasteiger partial charge in [0.05, 0.1) is 17.6 Å². The highest BCUT2D eigenvalue weighted by Gasteiger charge is 2.15. The molecule has 1 fully saturated rings. The topological polar surface area (TPSA) is 63.4 Å². The van der Waals surface area contributed by atoms with E-state index in [1.54, 1.807) is 15.6 Å². The lowest BCUT2D eigenvalue weighted by atomic mass is 9.96. The van der Waals surface area contributed by atoms with Gasteiger partial charge in [-0.1, -0.05) is 37.5 Å². The first-order chi connectivity index (χ1) is 12.6. The van der Waals surface area contributed by atoms with Crippen molar-refractivity contribution in [1.82, 2.24) is 20.1 Å². The van der Waals surface area contributed by atoms with E-state index in [2.05, 4.69) is 15.8 Å². The van der Waals surface area contributed by atoms with E-state index < -0.39 is 0 Å². The van der Waals surface area contributed by atoms with Crippen LogP contribution in [0.4, 0.5) is 0 Å². The normalized spacial score (nSPS) is 15.3. The molecule has 3 rings (SSSR count). The van der Waals surface area contributed by atoms with Crippen molar-refractivity contribution in [3.8, 4) is 5.69 Å². The molecule has 1 aromatic carbocycles. The van der Waals surface area contributed by atoms with Crippen molar-refractivity contribution < 1.29 is 0 Å². The van der Waals surface area contributed by atoms with Gasteiger partial charge in [0.15, 0.2) is 5.11 Å². The van der Waals surface area contributed by atoms with Crippen LogP contribution in [0.15, 0.2) is 40.2 Å². The van der Waals surface area contributed by atoms with Gasteiger partial charge in [-0.15, -0.1) is 0 Å². The molecule has 1 aliphatic carbocycles. The molecular formula is C19H25N5OS. The lowest BCUT2D eigenvalue weighted by molar-refractivity contribution is 0.412. The number of benzene rings is 1. The Kier molecular flexibility index (Phi) is 5.88. The smallest absolute Gasteiger partial charge is 0.274 e. The van der Waals surface area contributed by atoms with E-state index in [1.807, 2.05) is 44.3 Å². The monoisotopic (exact) mass is 371 g/mol. The second-order valence-electron chi connectivity index (χ2n) is 6.66. The van der Waals surface area contributed by atoms with Gasteiger partial charge in [-0.2, -0.15) is 5.10 Å². The van der Waals surface area contributed by atoms with Crippen molar-refractivity contribution in [3.05, 3.63) is 51.9 Å². The summed E-state index contributed by atoms with van der Waals surface area (Å²) in [7, 11) is 1.85. The fraction of sp³-hybridized carbons (Fsp3) is 0.421. The van der Waals surface area contributed by atoms with Crippen molar-refractivity contribution in [3.63, 3.8) is 0 Å². The van der Waals surface area contributed by atoms with E-state index in [-0.39, 0.29) is 5.56 Å². The van der Waals surface area contributed by atoms with Crippen LogP contribution in [0.25, 0.3) is 5.69 Å². The van der Waals surface area contributed by atoms with Crippen LogP contribution in [0, 0.1) is 6.92 Å². The summed E-state index contributed by atoms with van der Waals surface area (Å²) < 4.78 is 3.44. The van der Waals surface area contributed by atoms with Crippen LogP contribution in [0.3, 0.4) is 0 Å². The van der Waals surface area contributed by atoms with Gasteiger partial charge in [-0.05, 0) is 44.1 Å². The van der Waals surface area contributed by atoms with Crippen LogP contribution in [0.2, 0.25) is 0 Å². The number of nitrogens with zero attached hydrogens (tertiary/aromatic N) is 3. The standard InChI is InChI=1S/C19H25N5OS/c1-14-17(13-20-22-19(26)21-15-9-5-3-6-10-15)23(2)24(18(14)25)16-11-7-4-8-12-16/h4,7-8,11-13,15H,3,5-6,9-10H2,1-2H3,(H2,21,22,26)/b20-13-. The van der Waals surface area contributed by atoms with Crippen molar-refractivity contribution in [2.45, 2.75) is 45.1 Å². The first-order valence-electron chi connectivity index (χ1n) is 9.01. The SMILES string of the molecule is Cc1c(/C=N\NC(=S)NC2CCCCC2)n(C)n(-c2ccccc2)c1=O. The predicted molar refractivity (Wildman–Crippen MR) is 109 cm³/mol. The molecule has 138 valence electrons. The highest BCUT2D eigenvalue weighted by Crippen LogP contribution is 2.17. The maximum atomic E-state index is 12.6. The molecule has 7 heteroatoms. The van der Waals surface area contributed by atoms with Gasteiger partial charge in [-0.3, -0.25) is 14.9 Å². The Hall–Kier alpha value is -2.41. The first-order valence-corrected chi connectivity index (χ1v) is 9.42. The van der Waals surface area contributed by atoms with Crippen LogP contribution >= 0.6 is 12.2 Å². The van der Waals surface area contributed by atoms with Crippen LogP contribution < -0.4 is 16.3 Å². The molecule has 0 unspecified atom stereocenters. The van der Waals surface area contributed by atoms with E-state index in [0.29, 0.717) is 16.7 Å². The third kappa shape index (κ3) is 4.04. The number of hydrogen-bond acceptors (Lipinski definition) is 3. The maximum absolute atomic E-state index is 12.6. The molecule has 0 atom stereocenters. The second-order valence-corrected chi connectivity index (χ2v) is 7.07. The lowest BCUT2D eigenvalue weighted by Gasteiger charge is -2.23. The minimum atomic E-state index is -0.0527. The zero-order valence-corrected chi connectivity index (χ0v) is 16.1. The molecule has 0 radical (unpaired) electrons. The van der Waals surface area contributed by atoms with Gasteiger partial charge < -0.3 is 5.32 Å². The van der Waals surface area contributed by atoms with Crippen molar-refractivity contribution in [1.29, 1.82) is 0 Å². The summed E-state index contributed by atoms with van der Waals surface area (Å²) in [5, 5.41) is 8.06. The Bertz CT molecular complexity index is 847. The maximum Gasteiger partial charge on any atom is 0.274 e. The number of hydrogen-bond donors (Lipinski definition) is 2. The van der Waals surface area contributed by atoms with Crippen LogP contribution in [0.1, 0.15) is 43.4 Å². The summed E-state index contributed by atoms with van der Waals surface area (Å²) in [6.07, 6.45) is 7.75. The van der Waals surface area contributed by atoms with Crippen LogP contribution in [-0.2, 0) is 7.05 Å². The van der Waals surface area contributed by atoms with E-state index >= 15 is 0 Å². The van der Waals surface area contributed by atoms with Crippen LogP contribution in [0.5, 0.6) is 0 Å². The summed E-state index contributed by atoms with van der Waals surface area (Å²) >= 11 is 5.31. The Morgan fingerprint density at radius 1 is 1.23 bits per heavy atom. The van der Waals surface area contributed by atoms with Gasteiger partial charge in [0.25, 0.3) is 5.56 Å². The lowest BCUT2D eigenvalue weighted by Crippen LogP contribution is -2.40. The summed E-state index contributed by atoms with van der Waals surface area (Å²) in [5.74, 6) is 0. The molecule has 2 N–H and O–H groups in total. The first kappa shape index (κ1) is 18.4. The molecule has 0 amide bonds. The summed E-state index contributed by atoms with van der Waals surface area (Å²) in [5.41, 5.74) is 5.03. The van der Waals surface area contributed by atoms with Gasteiger partial charge in [0, 0.05) is 18.7 Å². The molecule has 0 aliphatic heterocycles. The molecule has 1 heterocycles. The minimum Gasteiger partial charge on any atom is -0.359 e. The number of hydrazone groups is 1. The number of thiocarbonyl (C=S) groups is 1. The zero-order valence-electron chi connectivity index (χ0n) is 15.2. The molecule has 1 aromatic heterocycles. The van der Waals surface area contributed by atoms with Crippen molar-refractivity contribution in [2.75, 3.05) is 0 Å². The number of aromatic nitrogens is 2. The molecule has 1 aliphatic rings. The molecule has 1 saturated carbocycles. The summed E-state index contributed by atoms with van der Waals surface area (Å²) in [6, 6.07) is 10.00. The predicted octanol–water partition coefficient (Wildman–Crippen LogP) is 2.62. The highest BCUT2D eigenvalue weighted by molar-refractivity contribution is 7.80. The third-order valence-corrected chi connectivity index (χ3v) is 5.05. The van der Waals surface area contributed by atoms with Gasteiger partial charge in [-0.25, -0.2) is 4.68 Å². The average molecular weight is 372 g/mol. The zero-order chi connectivity index (χ0) is 18.5. The summed E-state index contributed by atoms with van der Waals surface area (Å²) in [6.45, 7) is 1.81. The van der Waals surface area contributed by atoms with Gasteiger partial charge in [0.1, 0.15) is 0 Å².